The molecule has 0 radical (unpaired) electrons. The van der Waals surface area contributed by atoms with Gasteiger partial charge in [0.05, 0.1) is 0 Å². The molecule has 0 aromatic rings. The van der Waals surface area contributed by atoms with Crippen molar-refractivity contribution in [3.05, 3.63) is 0 Å². The summed E-state index contributed by atoms with van der Waals surface area (Å²) in [5.74, 6) is 0. The van der Waals surface area contributed by atoms with Gasteiger partial charge < -0.3 is 15.1 Å². The molecule has 0 bridgehead atoms. The number of aliphatic hydroxyl groups is 2. The van der Waals surface area contributed by atoms with Gasteiger partial charge in [-0.15, -0.1) is 0 Å². The standard InChI is InChI=1S/C3H7O4P/c1-7-3(5)8(6)2-4/h4-5H,2H2,1H3. The van der Waals surface area contributed by atoms with Crippen molar-refractivity contribution in [2.75, 3.05) is 13.5 Å². The molecule has 1 atom stereocenters. The van der Waals surface area contributed by atoms with Crippen LogP contribution in [0.4, 0.5) is 0 Å². The number of methoxy groups -OCH3 is 1. The average molecular weight is 138 g/mol. The van der Waals surface area contributed by atoms with Gasteiger partial charge in [-0.1, -0.05) is 0 Å². The van der Waals surface area contributed by atoms with E-state index in [9.17, 15) is 4.89 Å². The molecule has 0 aromatic heterocycles. The fourth-order valence-electron chi connectivity index (χ4n) is 0.162. The summed E-state index contributed by atoms with van der Waals surface area (Å²) in [5.41, 5.74) is -0.609. The summed E-state index contributed by atoms with van der Waals surface area (Å²) >= 11 is 0. The number of rotatable bonds is 2. The van der Waals surface area contributed by atoms with Gasteiger partial charge in [-0.2, -0.15) is 0 Å². The van der Waals surface area contributed by atoms with Gasteiger partial charge in [0.25, 0.3) is 0 Å². The Morgan fingerprint density at radius 1 is 1.88 bits per heavy atom. The first-order valence-corrected chi connectivity index (χ1v) is 3.32. The third-order valence-electron chi connectivity index (χ3n) is 0.524. The van der Waals surface area contributed by atoms with Gasteiger partial charge in [0.2, 0.25) is 6.35 Å². The van der Waals surface area contributed by atoms with Gasteiger partial charge in [-0.3, -0.25) is 4.74 Å². The van der Waals surface area contributed by atoms with Crippen LogP contribution in [0.5, 0.6) is 0 Å². The van der Waals surface area contributed by atoms with E-state index >= 15 is 0 Å². The zero-order valence-corrected chi connectivity index (χ0v) is 5.26. The van der Waals surface area contributed by atoms with E-state index in [0.29, 0.717) is 0 Å². The first-order chi connectivity index (χ1) is 3.72. The summed E-state index contributed by atoms with van der Waals surface area (Å²) < 4.78 is 4.13. The van der Waals surface area contributed by atoms with Crippen molar-refractivity contribution >= 4 is 13.4 Å². The Morgan fingerprint density at radius 2 is 2.38 bits per heavy atom. The van der Waals surface area contributed by atoms with Crippen LogP contribution in [-0.2, 0) is 4.74 Å². The number of aliphatic hydroxyl groups excluding tert-OH is 2. The molecule has 0 saturated carbocycles. The predicted octanol–water partition coefficient (Wildman–Crippen LogP) is -1.20. The van der Waals surface area contributed by atoms with E-state index in [0.717, 1.165) is 0 Å². The van der Waals surface area contributed by atoms with Crippen LogP contribution in [0.25, 0.3) is 0 Å². The molecular weight excluding hydrogens is 131 g/mol. The number of ether oxygens (including phenoxy) is 1. The highest BCUT2D eigenvalue weighted by Gasteiger charge is 2.01. The largest absolute Gasteiger partial charge is 0.625 e. The maximum Gasteiger partial charge on any atom is 0.362 e. The monoisotopic (exact) mass is 138 g/mol. The fourth-order valence-corrected chi connectivity index (χ4v) is 0.487. The molecule has 0 aliphatic carbocycles. The molecule has 4 nitrogen and oxygen atoms in total. The van der Waals surface area contributed by atoms with E-state index in [2.05, 4.69) is 4.74 Å². The second-order valence-electron chi connectivity index (χ2n) is 1.01. The molecule has 0 aromatic carbocycles. The van der Waals surface area contributed by atoms with Crippen molar-refractivity contribution in [3.8, 4) is 0 Å². The Kier molecular flexibility index (Phi) is 3.95. The Morgan fingerprint density at radius 3 is 2.50 bits per heavy atom. The van der Waals surface area contributed by atoms with Crippen molar-refractivity contribution in [2.24, 2.45) is 0 Å². The Labute approximate surface area is 47.8 Å². The van der Waals surface area contributed by atoms with Crippen LogP contribution in [0.15, 0.2) is 0 Å². The van der Waals surface area contributed by atoms with E-state index in [1.807, 2.05) is 0 Å². The molecule has 8 heavy (non-hydrogen) atoms. The highest BCUT2D eigenvalue weighted by Crippen LogP contribution is 2.08. The Bertz CT molecular complexity index is 87.5. The first kappa shape index (κ1) is 8.01. The summed E-state index contributed by atoms with van der Waals surface area (Å²) in [7, 11) is -0.905. The maximum atomic E-state index is 10.2. The minimum atomic E-state index is -2.08. The van der Waals surface area contributed by atoms with E-state index in [1.54, 1.807) is 0 Å². The van der Waals surface area contributed by atoms with Gasteiger partial charge in [-0.25, -0.2) is 0 Å². The van der Waals surface area contributed by atoms with Crippen molar-refractivity contribution in [2.45, 2.75) is 0 Å². The van der Waals surface area contributed by atoms with Crippen LogP contribution in [0.1, 0.15) is 0 Å². The molecule has 2 N–H and O–H groups in total. The molecule has 0 heterocycles. The van der Waals surface area contributed by atoms with Crippen LogP contribution in [-0.4, -0.2) is 29.3 Å². The zero-order chi connectivity index (χ0) is 6.57. The third-order valence-corrected chi connectivity index (χ3v) is 1.39. The number of hydrogen-bond acceptors (Lipinski definition) is 3. The zero-order valence-electron chi connectivity index (χ0n) is 4.37. The van der Waals surface area contributed by atoms with Gasteiger partial charge >= 0.3 is 5.67 Å². The van der Waals surface area contributed by atoms with Crippen molar-refractivity contribution in [3.63, 3.8) is 0 Å². The molecule has 0 spiro atoms. The molecular formula is C3H7O4P. The van der Waals surface area contributed by atoms with Crippen LogP contribution in [0.2, 0.25) is 0 Å². The molecule has 0 aliphatic rings. The lowest BCUT2D eigenvalue weighted by Crippen LogP contribution is -2.05. The Balaban J connectivity index is 3.83. The van der Waals surface area contributed by atoms with Crippen molar-refractivity contribution < 1.29 is 19.8 Å². The smallest absolute Gasteiger partial charge is 0.362 e. The van der Waals surface area contributed by atoms with E-state index in [1.165, 1.54) is 7.11 Å². The maximum absolute atomic E-state index is 10.2. The molecule has 1 unspecified atom stereocenters. The predicted molar refractivity (Wildman–Crippen MR) is 28.0 cm³/mol. The second-order valence-corrected chi connectivity index (χ2v) is 2.43. The van der Waals surface area contributed by atoms with Crippen molar-refractivity contribution in [1.29, 1.82) is 0 Å². The average Bonchev–Trinajstić information content (AvgIpc) is 1.84. The topological polar surface area (TPSA) is 72.8 Å². The normalized spacial score (nSPS) is 13.5. The summed E-state index contributed by atoms with van der Waals surface area (Å²) in [6.07, 6.45) is -0.574. The molecule has 0 amide bonds. The first-order valence-electron chi connectivity index (χ1n) is 1.87. The van der Waals surface area contributed by atoms with Crippen molar-refractivity contribution in [1.82, 2.24) is 0 Å². The second kappa shape index (κ2) is 3.95. The lowest BCUT2D eigenvalue weighted by molar-refractivity contribution is -0.157. The molecule has 0 fully saturated rings. The molecule has 48 valence electrons. The molecule has 5 heteroatoms. The third kappa shape index (κ3) is 2.35. The summed E-state index contributed by atoms with van der Waals surface area (Å²) in [6, 6.07) is 0. The summed E-state index contributed by atoms with van der Waals surface area (Å²) in [6.45, 7) is 0. The quantitative estimate of drug-likeness (QED) is 0.470. The minimum Gasteiger partial charge on any atom is -0.625 e. The lowest BCUT2D eigenvalue weighted by atomic mass is 11.4. The van der Waals surface area contributed by atoms with Crippen LogP contribution >= 0.6 is 7.77 Å². The van der Waals surface area contributed by atoms with Crippen LogP contribution < -0.4 is 4.89 Å². The fraction of sp³-hybridized carbons (Fsp3) is 0.667. The summed E-state index contributed by atoms with van der Waals surface area (Å²) in [4.78, 5) is 10.2. The van der Waals surface area contributed by atoms with Gasteiger partial charge in [0.15, 0.2) is 0 Å². The van der Waals surface area contributed by atoms with E-state index in [-0.39, 0.29) is 0 Å². The Hall–Kier alpha value is 0.01000. The molecule has 0 rings (SSSR count). The highest BCUT2D eigenvalue weighted by molar-refractivity contribution is 7.50. The molecule has 0 saturated heterocycles. The van der Waals surface area contributed by atoms with E-state index in [4.69, 9.17) is 10.2 Å². The minimum absolute atomic E-state index is 0.574. The van der Waals surface area contributed by atoms with E-state index < -0.39 is 19.8 Å². The summed E-state index contributed by atoms with van der Waals surface area (Å²) in [5, 5.41) is 16.5. The van der Waals surface area contributed by atoms with Gasteiger partial charge in [0, 0.05) is 7.11 Å². The van der Waals surface area contributed by atoms with Gasteiger partial charge in [0.1, 0.15) is 7.77 Å². The highest BCUT2D eigenvalue weighted by atomic mass is 31.1. The lowest BCUT2D eigenvalue weighted by Gasteiger charge is -1.93. The number of hydrogen-bond donors (Lipinski definition) is 2. The van der Waals surface area contributed by atoms with Gasteiger partial charge in [-0.05, 0) is 0 Å². The SMILES string of the molecule is CO/C(O)=[P+](\[O-])CO. The molecule has 0 aliphatic heterocycles. The van der Waals surface area contributed by atoms with Crippen LogP contribution in [0, 0.1) is 0 Å². The van der Waals surface area contributed by atoms with Crippen LogP contribution in [0.3, 0.4) is 0 Å².